The lowest BCUT2D eigenvalue weighted by molar-refractivity contribution is 0.0693. The second-order valence-electron chi connectivity index (χ2n) is 4.99. The number of aromatic nitrogens is 2. The van der Waals surface area contributed by atoms with Crippen molar-refractivity contribution in [1.29, 1.82) is 0 Å². The van der Waals surface area contributed by atoms with Crippen LogP contribution in [0.2, 0.25) is 0 Å². The molecule has 2 aromatic rings. The molecular weight excluding hydrogens is 258 g/mol. The Morgan fingerprint density at radius 1 is 1.55 bits per heavy atom. The maximum atomic E-state index is 11.3. The average Bonchev–Trinajstić information content (AvgIpc) is 2.87. The lowest BCUT2D eigenvalue weighted by Crippen LogP contribution is -2.29. The smallest absolute Gasteiger partial charge is 0.356 e. The van der Waals surface area contributed by atoms with E-state index < -0.39 is 5.97 Å². The van der Waals surface area contributed by atoms with Crippen molar-refractivity contribution in [1.82, 2.24) is 14.7 Å². The summed E-state index contributed by atoms with van der Waals surface area (Å²) in [4.78, 5) is 15.7. The van der Waals surface area contributed by atoms with Crippen molar-refractivity contribution in [2.45, 2.75) is 18.8 Å². The minimum atomic E-state index is -0.998. The predicted molar refractivity (Wildman–Crippen MR) is 73.5 cm³/mol. The number of pyridine rings is 1. The van der Waals surface area contributed by atoms with E-state index in [0.717, 1.165) is 31.8 Å². The molecule has 6 heteroatoms. The number of aromatic carboxylic acids is 1. The van der Waals surface area contributed by atoms with Gasteiger partial charge in [-0.25, -0.2) is 9.78 Å². The summed E-state index contributed by atoms with van der Waals surface area (Å²) in [5, 5.41) is 12.6. The molecule has 0 aromatic carbocycles. The second-order valence-corrected chi connectivity index (χ2v) is 4.99. The number of imidazole rings is 1. The maximum Gasteiger partial charge on any atom is 0.356 e. The van der Waals surface area contributed by atoms with Crippen LogP contribution in [0.3, 0.4) is 0 Å². The van der Waals surface area contributed by atoms with Crippen LogP contribution >= 0.6 is 0 Å². The Balaban J connectivity index is 2.15. The van der Waals surface area contributed by atoms with Crippen LogP contribution < -0.4 is 10.1 Å². The molecule has 0 spiro atoms. The number of piperidine rings is 1. The summed E-state index contributed by atoms with van der Waals surface area (Å²) in [6, 6.07) is 3.50. The molecule has 3 rings (SSSR count). The van der Waals surface area contributed by atoms with E-state index in [0.29, 0.717) is 11.3 Å². The van der Waals surface area contributed by atoms with E-state index in [4.69, 9.17) is 4.74 Å². The van der Waals surface area contributed by atoms with Gasteiger partial charge in [-0.1, -0.05) is 0 Å². The number of carboxylic acids is 1. The third-order valence-corrected chi connectivity index (χ3v) is 3.74. The van der Waals surface area contributed by atoms with E-state index in [9.17, 15) is 9.90 Å². The zero-order valence-electron chi connectivity index (χ0n) is 11.3. The van der Waals surface area contributed by atoms with Crippen molar-refractivity contribution in [3.63, 3.8) is 0 Å². The minimum absolute atomic E-state index is 0.105. The van der Waals surface area contributed by atoms with E-state index in [1.807, 2.05) is 4.40 Å². The highest BCUT2D eigenvalue weighted by molar-refractivity contribution is 5.93. The molecule has 1 saturated heterocycles. The summed E-state index contributed by atoms with van der Waals surface area (Å²) in [7, 11) is 1.60. The highest BCUT2D eigenvalue weighted by Gasteiger charge is 2.24. The molecule has 1 aliphatic heterocycles. The Labute approximate surface area is 116 Å². The summed E-state index contributed by atoms with van der Waals surface area (Å²) < 4.78 is 7.07. The van der Waals surface area contributed by atoms with Gasteiger partial charge in [0.1, 0.15) is 11.6 Å². The van der Waals surface area contributed by atoms with Crippen molar-refractivity contribution in [3.8, 4) is 5.75 Å². The Kier molecular flexibility index (Phi) is 3.31. The maximum absolute atomic E-state index is 11.3. The molecule has 1 aliphatic rings. The lowest BCUT2D eigenvalue weighted by Gasteiger charge is -2.21. The highest BCUT2D eigenvalue weighted by Crippen LogP contribution is 2.27. The minimum Gasteiger partial charge on any atom is -0.495 e. The van der Waals surface area contributed by atoms with Gasteiger partial charge < -0.3 is 15.2 Å². The van der Waals surface area contributed by atoms with Gasteiger partial charge in [-0.05, 0) is 31.5 Å². The Morgan fingerprint density at radius 3 is 3.05 bits per heavy atom. The Hall–Kier alpha value is -2.08. The number of carboxylic acid groups (broad SMARTS) is 1. The van der Waals surface area contributed by atoms with Gasteiger partial charge in [0.15, 0.2) is 5.69 Å². The second kappa shape index (κ2) is 5.13. The van der Waals surface area contributed by atoms with Gasteiger partial charge in [0.2, 0.25) is 0 Å². The average molecular weight is 275 g/mol. The van der Waals surface area contributed by atoms with Gasteiger partial charge in [0, 0.05) is 12.5 Å². The summed E-state index contributed by atoms with van der Waals surface area (Å²) in [5.41, 5.74) is 0.715. The molecule has 1 unspecified atom stereocenters. The third-order valence-electron chi connectivity index (χ3n) is 3.74. The molecular formula is C14H17N3O3. The topological polar surface area (TPSA) is 75.9 Å². The van der Waals surface area contributed by atoms with Crippen molar-refractivity contribution >= 4 is 11.5 Å². The molecule has 20 heavy (non-hydrogen) atoms. The van der Waals surface area contributed by atoms with Gasteiger partial charge in [-0.3, -0.25) is 4.40 Å². The first kappa shape index (κ1) is 12.9. The number of ether oxygens (including phenoxy) is 1. The summed E-state index contributed by atoms with van der Waals surface area (Å²) >= 11 is 0. The lowest BCUT2D eigenvalue weighted by atomic mass is 9.99. The van der Waals surface area contributed by atoms with Crippen LogP contribution in [0.25, 0.3) is 5.52 Å². The molecule has 2 N–H and O–H groups in total. The van der Waals surface area contributed by atoms with Crippen molar-refractivity contribution < 1.29 is 14.6 Å². The number of fused-ring (bicyclic) bond motifs is 1. The number of hydrogen-bond donors (Lipinski definition) is 2. The zero-order valence-corrected chi connectivity index (χ0v) is 11.3. The van der Waals surface area contributed by atoms with Crippen LogP contribution in [-0.2, 0) is 0 Å². The number of carbonyl (C=O) groups is 1. The van der Waals surface area contributed by atoms with Gasteiger partial charge >= 0.3 is 5.97 Å². The molecule has 6 nitrogen and oxygen atoms in total. The van der Waals surface area contributed by atoms with Crippen LogP contribution in [-0.4, -0.2) is 40.7 Å². The number of nitrogens with zero attached hydrogens (tertiary/aromatic N) is 2. The monoisotopic (exact) mass is 275 g/mol. The first-order valence-corrected chi connectivity index (χ1v) is 6.70. The SMILES string of the molecule is COc1ccc2c(C(=O)O)nc(C3CCCNC3)n2c1. The van der Waals surface area contributed by atoms with E-state index in [-0.39, 0.29) is 11.6 Å². The largest absolute Gasteiger partial charge is 0.495 e. The Bertz CT molecular complexity index is 644. The van der Waals surface area contributed by atoms with Crippen molar-refractivity contribution in [2.75, 3.05) is 20.2 Å². The number of rotatable bonds is 3. The van der Waals surface area contributed by atoms with E-state index >= 15 is 0 Å². The van der Waals surface area contributed by atoms with Crippen molar-refractivity contribution in [3.05, 3.63) is 29.8 Å². The first-order chi connectivity index (χ1) is 9.70. The fourth-order valence-electron chi connectivity index (χ4n) is 2.73. The van der Waals surface area contributed by atoms with Gasteiger partial charge in [0.05, 0.1) is 18.8 Å². The van der Waals surface area contributed by atoms with E-state index in [1.165, 1.54) is 0 Å². The standard InChI is InChI=1S/C14H17N3O3/c1-20-10-4-5-11-12(14(18)19)16-13(17(11)8-10)9-3-2-6-15-7-9/h4-5,8-9,15H,2-3,6-7H2,1H3,(H,18,19). The summed E-state index contributed by atoms with van der Waals surface area (Å²) in [5.74, 6) is 0.722. The Morgan fingerprint density at radius 2 is 2.40 bits per heavy atom. The normalized spacial score (nSPS) is 19.1. The van der Waals surface area contributed by atoms with Crippen LogP contribution in [0.4, 0.5) is 0 Å². The van der Waals surface area contributed by atoms with Crippen LogP contribution in [0.5, 0.6) is 5.75 Å². The molecule has 0 bridgehead atoms. The number of nitrogens with one attached hydrogen (secondary N) is 1. The van der Waals surface area contributed by atoms with E-state index in [1.54, 1.807) is 25.4 Å². The van der Waals surface area contributed by atoms with Gasteiger partial charge in [0.25, 0.3) is 0 Å². The molecule has 1 fully saturated rings. The summed E-state index contributed by atoms with van der Waals surface area (Å²) in [6.07, 6.45) is 3.90. The fourth-order valence-corrected chi connectivity index (χ4v) is 2.73. The summed E-state index contributed by atoms with van der Waals surface area (Å²) in [6.45, 7) is 1.84. The molecule has 3 heterocycles. The van der Waals surface area contributed by atoms with Crippen LogP contribution in [0, 0.1) is 0 Å². The van der Waals surface area contributed by atoms with Gasteiger partial charge in [-0.15, -0.1) is 0 Å². The zero-order chi connectivity index (χ0) is 14.1. The number of methoxy groups -OCH3 is 1. The quantitative estimate of drug-likeness (QED) is 0.888. The molecule has 2 aromatic heterocycles. The van der Waals surface area contributed by atoms with Crippen LogP contribution in [0.15, 0.2) is 18.3 Å². The van der Waals surface area contributed by atoms with E-state index in [2.05, 4.69) is 10.3 Å². The first-order valence-electron chi connectivity index (χ1n) is 6.70. The molecule has 0 saturated carbocycles. The molecule has 1 atom stereocenters. The molecule has 106 valence electrons. The number of hydrogen-bond acceptors (Lipinski definition) is 4. The highest BCUT2D eigenvalue weighted by atomic mass is 16.5. The molecule has 0 radical (unpaired) electrons. The van der Waals surface area contributed by atoms with Crippen LogP contribution in [0.1, 0.15) is 35.1 Å². The fraction of sp³-hybridized carbons (Fsp3) is 0.429. The molecule has 0 amide bonds. The predicted octanol–water partition coefficient (Wildman–Crippen LogP) is 1.51. The molecule has 0 aliphatic carbocycles. The van der Waals surface area contributed by atoms with Crippen molar-refractivity contribution in [2.24, 2.45) is 0 Å². The third kappa shape index (κ3) is 2.12. The van der Waals surface area contributed by atoms with Gasteiger partial charge in [-0.2, -0.15) is 0 Å².